The Morgan fingerprint density at radius 3 is 2.87 bits per heavy atom. The third kappa shape index (κ3) is 1.73. The molecule has 0 spiro atoms. The normalized spacial score (nSPS) is 10.5. The Kier molecular flexibility index (Phi) is 2.24. The Morgan fingerprint density at radius 2 is 2.33 bits per heavy atom. The zero-order chi connectivity index (χ0) is 11.0. The maximum Gasteiger partial charge on any atom is 0.352 e. The standard InChI is InChI=1S/C9H8ClN3O2/c1-12-3-2-8(11-12)13-5-6(10)4-7(13)9(14)15/h2-5H,1H3,(H,14,15). The Morgan fingerprint density at radius 1 is 1.60 bits per heavy atom. The molecule has 0 amide bonds. The van der Waals surface area contributed by atoms with Crippen LogP contribution in [-0.4, -0.2) is 25.4 Å². The van der Waals surface area contributed by atoms with Crippen molar-refractivity contribution in [1.82, 2.24) is 14.3 Å². The summed E-state index contributed by atoms with van der Waals surface area (Å²) >= 11 is 5.75. The number of hydrogen-bond donors (Lipinski definition) is 1. The van der Waals surface area contributed by atoms with E-state index in [4.69, 9.17) is 16.7 Å². The second kappa shape index (κ2) is 3.43. The molecule has 15 heavy (non-hydrogen) atoms. The SMILES string of the molecule is Cn1ccc(-n2cc(Cl)cc2C(=O)O)n1. The summed E-state index contributed by atoms with van der Waals surface area (Å²) < 4.78 is 3.03. The largest absolute Gasteiger partial charge is 0.477 e. The van der Waals surface area contributed by atoms with Crippen molar-refractivity contribution in [2.45, 2.75) is 0 Å². The van der Waals surface area contributed by atoms with E-state index in [1.807, 2.05) is 0 Å². The van der Waals surface area contributed by atoms with Crippen LogP contribution in [0.1, 0.15) is 10.5 Å². The van der Waals surface area contributed by atoms with Gasteiger partial charge < -0.3 is 5.11 Å². The molecule has 0 saturated heterocycles. The van der Waals surface area contributed by atoms with Gasteiger partial charge in [-0.05, 0) is 6.07 Å². The molecule has 0 aliphatic carbocycles. The minimum atomic E-state index is -1.03. The average Bonchev–Trinajstić information content (AvgIpc) is 2.71. The lowest BCUT2D eigenvalue weighted by Crippen LogP contribution is -2.06. The van der Waals surface area contributed by atoms with Crippen molar-refractivity contribution in [2.24, 2.45) is 7.05 Å². The van der Waals surface area contributed by atoms with E-state index >= 15 is 0 Å². The Hall–Kier alpha value is -1.75. The van der Waals surface area contributed by atoms with Gasteiger partial charge in [0.15, 0.2) is 5.82 Å². The number of aromatic carboxylic acids is 1. The number of nitrogens with zero attached hydrogens (tertiary/aromatic N) is 3. The number of halogens is 1. The number of aromatic nitrogens is 3. The molecule has 0 saturated carbocycles. The van der Waals surface area contributed by atoms with Gasteiger partial charge in [0.1, 0.15) is 5.69 Å². The molecular formula is C9H8ClN3O2. The summed E-state index contributed by atoms with van der Waals surface area (Å²) in [6, 6.07) is 3.10. The molecule has 2 heterocycles. The number of carboxylic acids is 1. The molecule has 5 nitrogen and oxygen atoms in total. The lowest BCUT2D eigenvalue weighted by atomic mass is 10.4. The van der Waals surface area contributed by atoms with Crippen LogP contribution in [0.3, 0.4) is 0 Å². The quantitative estimate of drug-likeness (QED) is 0.844. The van der Waals surface area contributed by atoms with E-state index in [0.29, 0.717) is 10.8 Å². The van der Waals surface area contributed by atoms with Crippen molar-refractivity contribution < 1.29 is 9.90 Å². The number of carbonyl (C=O) groups is 1. The highest BCUT2D eigenvalue weighted by atomic mass is 35.5. The maximum absolute atomic E-state index is 10.9. The minimum absolute atomic E-state index is 0.0960. The van der Waals surface area contributed by atoms with E-state index in [1.165, 1.54) is 16.8 Å². The molecule has 0 aliphatic rings. The smallest absolute Gasteiger partial charge is 0.352 e. The zero-order valence-corrected chi connectivity index (χ0v) is 8.64. The summed E-state index contributed by atoms with van der Waals surface area (Å²) in [4.78, 5) is 10.9. The zero-order valence-electron chi connectivity index (χ0n) is 7.88. The van der Waals surface area contributed by atoms with Crippen molar-refractivity contribution in [1.29, 1.82) is 0 Å². The summed E-state index contributed by atoms with van der Waals surface area (Å²) in [6.45, 7) is 0. The number of carboxylic acid groups (broad SMARTS) is 1. The molecule has 2 aromatic rings. The molecule has 0 aromatic carbocycles. The molecule has 0 atom stereocenters. The van der Waals surface area contributed by atoms with Gasteiger partial charge in [-0.3, -0.25) is 9.25 Å². The van der Waals surface area contributed by atoms with Crippen LogP contribution >= 0.6 is 11.6 Å². The topological polar surface area (TPSA) is 60.0 Å². The second-order valence-corrected chi connectivity index (χ2v) is 3.50. The van der Waals surface area contributed by atoms with Gasteiger partial charge in [-0.15, -0.1) is 0 Å². The minimum Gasteiger partial charge on any atom is -0.477 e. The first-order valence-corrected chi connectivity index (χ1v) is 4.57. The first-order chi connectivity index (χ1) is 7.08. The van der Waals surface area contributed by atoms with Crippen LogP contribution in [-0.2, 0) is 7.05 Å². The molecular weight excluding hydrogens is 218 g/mol. The monoisotopic (exact) mass is 225 g/mol. The van der Waals surface area contributed by atoms with Gasteiger partial charge in [-0.1, -0.05) is 11.6 Å². The van der Waals surface area contributed by atoms with Gasteiger partial charge in [0, 0.05) is 25.5 Å². The van der Waals surface area contributed by atoms with Gasteiger partial charge in [-0.25, -0.2) is 4.79 Å². The number of rotatable bonds is 2. The highest BCUT2D eigenvalue weighted by Gasteiger charge is 2.14. The van der Waals surface area contributed by atoms with Gasteiger partial charge in [-0.2, -0.15) is 5.10 Å². The van der Waals surface area contributed by atoms with E-state index in [9.17, 15) is 4.79 Å². The molecule has 0 bridgehead atoms. The summed E-state index contributed by atoms with van der Waals surface area (Å²) in [5, 5.41) is 13.4. The van der Waals surface area contributed by atoms with Crippen molar-refractivity contribution >= 4 is 17.6 Å². The lowest BCUT2D eigenvalue weighted by Gasteiger charge is -2.00. The van der Waals surface area contributed by atoms with Crippen LogP contribution in [0.5, 0.6) is 0 Å². The summed E-state index contributed by atoms with van der Waals surface area (Å²) in [7, 11) is 1.76. The van der Waals surface area contributed by atoms with Gasteiger partial charge in [0.2, 0.25) is 0 Å². The molecule has 0 radical (unpaired) electrons. The molecule has 0 fully saturated rings. The predicted molar refractivity (Wildman–Crippen MR) is 54.5 cm³/mol. The summed E-state index contributed by atoms with van der Waals surface area (Å²) in [6.07, 6.45) is 3.25. The molecule has 0 aliphatic heterocycles. The van der Waals surface area contributed by atoms with Gasteiger partial charge in [0.25, 0.3) is 0 Å². The fourth-order valence-electron chi connectivity index (χ4n) is 1.32. The van der Waals surface area contributed by atoms with Gasteiger partial charge in [0.05, 0.1) is 5.02 Å². The first kappa shape index (κ1) is 9.79. The molecule has 6 heteroatoms. The van der Waals surface area contributed by atoms with Crippen molar-refractivity contribution in [3.05, 3.63) is 35.2 Å². The Labute approximate surface area is 90.5 Å². The molecule has 78 valence electrons. The Bertz CT molecular complexity index is 515. The van der Waals surface area contributed by atoms with E-state index in [-0.39, 0.29) is 5.69 Å². The lowest BCUT2D eigenvalue weighted by molar-refractivity contribution is 0.0688. The van der Waals surface area contributed by atoms with Crippen LogP contribution in [0.15, 0.2) is 24.5 Å². The third-order valence-electron chi connectivity index (χ3n) is 1.95. The predicted octanol–water partition coefficient (Wildman–Crippen LogP) is 1.56. The van der Waals surface area contributed by atoms with E-state index in [0.717, 1.165) is 0 Å². The number of aryl methyl sites for hydroxylation is 1. The van der Waals surface area contributed by atoms with E-state index in [2.05, 4.69) is 5.10 Å². The van der Waals surface area contributed by atoms with Gasteiger partial charge >= 0.3 is 5.97 Å². The summed E-state index contributed by atoms with van der Waals surface area (Å²) in [5.74, 6) is -0.505. The molecule has 0 unspecified atom stereocenters. The van der Waals surface area contributed by atoms with Crippen molar-refractivity contribution in [3.8, 4) is 5.82 Å². The van der Waals surface area contributed by atoms with Crippen LogP contribution in [0.25, 0.3) is 5.82 Å². The van der Waals surface area contributed by atoms with Crippen LogP contribution in [0, 0.1) is 0 Å². The first-order valence-electron chi connectivity index (χ1n) is 4.19. The third-order valence-corrected chi connectivity index (χ3v) is 2.16. The van der Waals surface area contributed by atoms with E-state index in [1.54, 1.807) is 24.0 Å². The highest BCUT2D eigenvalue weighted by molar-refractivity contribution is 6.31. The fourth-order valence-corrected chi connectivity index (χ4v) is 1.52. The Balaban J connectivity index is 2.56. The molecule has 1 N–H and O–H groups in total. The second-order valence-electron chi connectivity index (χ2n) is 3.07. The average molecular weight is 226 g/mol. The van der Waals surface area contributed by atoms with Crippen molar-refractivity contribution in [3.63, 3.8) is 0 Å². The van der Waals surface area contributed by atoms with Crippen molar-refractivity contribution in [2.75, 3.05) is 0 Å². The molecule has 2 aromatic heterocycles. The number of hydrogen-bond acceptors (Lipinski definition) is 2. The van der Waals surface area contributed by atoms with Crippen LogP contribution in [0.2, 0.25) is 5.02 Å². The summed E-state index contributed by atoms with van der Waals surface area (Å²) in [5.41, 5.74) is 0.0960. The fraction of sp³-hybridized carbons (Fsp3) is 0.111. The highest BCUT2D eigenvalue weighted by Crippen LogP contribution is 2.18. The van der Waals surface area contributed by atoms with Crippen LogP contribution < -0.4 is 0 Å². The van der Waals surface area contributed by atoms with Crippen LogP contribution in [0.4, 0.5) is 0 Å². The maximum atomic E-state index is 10.9. The van der Waals surface area contributed by atoms with E-state index < -0.39 is 5.97 Å². The molecule has 2 rings (SSSR count).